The minimum atomic E-state index is 0.721. The first-order chi connectivity index (χ1) is 9.22. The van der Waals surface area contributed by atoms with Gasteiger partial charge in [-0.1, -0.05) is 40.9 Å². The third-order valence-corrected chi connectivity index (χ3v) is 5.61. The van der Waals surface area contributed by atoms with Crippen LogP contribution in [0.5, 0.6) is 0 Å². The highest BCUT2D eigenvalue weighted by molar-refractivity contribution is 9.10. The van der Waals surface area contributed by atoms with Gasteiger partial charge in [-0.15, -0.1) is 0 Å². The van der Waals surface area contributed by atoms with Crippen molar-refractivity contribution in [2.45, 2.75) is 63.5 Å². The van der Waals surface area contributed by atoms with Gasteiger partial charge in [-0.2, -0.15) is 0 Å². The maximum Gasteiger partial charge on any atom is 0.0175 e. The van der Waals surface area contributed by atoms with E-state index in [1.165, 1.54) is 48.6 Å². The number of nitrogens with one attached hydrogen (secondary N) is 1. The van der Waals surface area contributed by atoms with Crippen LogP contribution in [0.1, 0.15) is 56.9 Å². The summed E-state index contributed by atoms with van der Waals surface area (Å²) >= 11 is 3.50. The lowest BCUT2D eigenvalue weighted by Crippen LogP contribution is -2.46. The first kappa shape index (κ1) is 13.6. The Morgan fingerprint density at radius 1 is 1.11 bits per heavy atom. The molecule has 0 radical (unpaired) electrons. The third kappa shape index (κ3) is 3.22. The largest absolute Gasteiger partial charge is 0.311 e. The molecule has 1 aromatic rings. The van der Waals surface area contributed by atoms with Crippen molar-refractivity contribution >= 4 is 15.9 Å². The Bertz CT molecular complexity index is 402. The molecule has 2 aliphatic rings. The summed E-state index contributed by atoms with van der Waals surface area (Å²) in [6.45, 7) is 2.39. The summed E-state index contributed by atoms with van der Waals surface area (Å²) in [6, 6.07) is 10.3. The Balaban J connectivity index is 1.46. The van der Waals surface area contributed by atoms with Crippen LogP contribution in [0.25, 0.3) is 0 Å². The van der Waals surface area contributed by atoms with E-state index < -0.39 is 0 Å². The monoisotopic (exact) mass is 321 g/mol. The van der Waals surface area contributed by atoms with Gasteiger partial charge in [0.2, 0.25) is 0 Å². The molecule has 2 aliphatic carbocycles. The molecule has 0 unspecified atom stereocenters. The van der Waals surface area contributed by atoms with Crippen molar-refractivity contribution in [1.29, 1.82) is 0 Å². The highest BCUT2D eigenvalue weighted by Gasteiger charge is 2.32. The fourth-order valence-corrected chi connectivity index (χ4v) is 3.99. The summed E-state index contributed by atoms with van der Waals surface area (Å²) in [6.07, 6.45) is 8.41. The zero-order valence-corrected chi connectivity index (χ0v) is 13.3. The van der Waals surface area contributed by atoms with Crippen LogP contribution in [0.3, 0.4) is 0 Å². The molecule has 0 heterocycles. The van der Waals surface area contributed by atoms with E-state index in [1.807, 2.05) is 0 Å². The number of benzene rings is 1. The van der Waals surface area contributed by atoms with Crippen LogP contribution >= 0.6 is 15.9 Å². The Morgan fingerprint density at radius 2 is 1.74 bits per heavy atom. The minimum Gasteiger partial charge on any atom is -0.311 e. The van der Waals surface area contributed by atoms with Gasteiger partial charge >= 0.3 is 0 Å². The summed E-state index contributed by atoms with van der Waals surface area (Å²) in [4.78, 5) is 0. The molecule has 0 saturated heterocycles. The van der Waals surface area contributed by atoms with Gasteiger partial charge in [0, 0.05) is 16.6 Å². The third-order valence-electron chi connectivity index (χ3n) is 5.09. The molecule has 0 aliphatic heterocycles. The standard InChI is InChI=1S/C17H24BrN/c1-12(13-4-2-3-5-13)19-17-10-15(11-17)14-6-8-16(18)9-7-14/h6-9,12-13,15,17,19H,2-5,10-11H2,1H3/t12-,15?,17?/m1/s1. The summed E-state index contributed by atoms with van der Waals surface area (Å²) < 4.78 is 1.18. The zero-order valence-electron chi connectivity index (χ0n) is 11.7. The molecule has 104 valence electrons. The van der Waals surface area contributed by atoms with Gasteiger partial charge < -0.3 is 5.32 Å². The topological polar surface area (TPSA) is 12.0 Å². The first-order valence-corrected chi connectivity index (χ1v) is 8.53. The van der Waals surface area contributed by atoms with Gasteiger partial charge in [-0.3, -0.25) is 0 Å². The molecule has 1 atom stereocenters. The van der Waals surface area contributed by atoms with Gasteiger partial charge in [-0.05, 0) is 62.1 Å². The van der Waals surface area contributed by atoms with Crippen LogP contribution in [-0.2, 0) is 0 Å². The van der Waals surface area contributed by atoms with Crippen LogP contribution in [0.2, 0.25) is 0 Å². The minimum absolute atomic E-state index is 0.721. The fraction of sp³-hybridized carbons (Fsp3) is 0.647. The van der Waals surface area contributed by atoms with E-state index in [1.54, 1.807) is 0 Å². The molecule has 1 N–H and O–H groups in total. The molecule has 2 heteroatoms. The van der Waals surface area contributed by atoms with Gasteiger partial charge in [0.05, 0.1) is 0 Å². The Kier molecular flexibility index (Phi) is 4.28. The van der Waals surface area contributed by atoms with Crippen molar-refractivity contribution in [3.63, 3.8) is 0 Å². The molecule has 1 aromatic carbocycles. The van der Waals surface area contributed by atoms with Gasteiger partial charge in [0.25, 0.3) is 0 Å². The summed E-state index contributed by atoms with van der Waals surface area (Å²) in [5.41, 5.74) is 1.51. The first-order valence-electron chi connectivity index (χ1n) is 7.74. The SMILES string of the molecule is C[C@@H](NC1CC(c2ccc(Br)cc2)C1)C1CCCC1. The maximum absolute atomic E-state index is 3.86. The summed E-state index contributed by atoms with van der Waals surface area (Å²) in [5.74, 6) is 1.72. The Labute approximate surface area is 125 Å². The molecule has 0 spiro atoms. The molecular formula is C17H24BrN. The van der Waals surface area contributed by atoms with Crippen LogP contribution in [0.4, 0.5) is 0 Å². The van der Waals surface area contributed by atoms with Crippen LogP contribution < -0.4 is 5.32 Å². The molecular weight excluding hydrogens is 298 g/mol. The number of halogens is 1. The maximum atomic E-state index is 3.86. The normalized spacial score (nSPS) is 29.2. The molecule has 19 heavy (non-hydrogen) atoms. The van der Waals surface area contributed by atoms with Crippen molar-refractivity contribution in [3.05, 3.63) is 34.3 Å². The van der Waals surface area contributed by atoms with Crippen LogP contribution in [-0.4, -0.2) is 12.1 Å². The molecule has 0 amide bonds. The summed E-state index contributed by atoms with van der Waals surface area (Å²) in [5, 5.41) is 3.86. The van der Waals surface area contributed by atoms with Gasteiger partial charge in [0.15, 0.2) is 0 Å². The van der Waals surface area contributed by atoms with Gasteiger partial charge in [-0.25, -0.2) is 0 Å². The van der Waals surface area contributed by atoms with Crippen molar-refractivity contribution in [3.8, 4) is 0 Å². The average Bonchev–Trinajstić information content (AvgIpc) is 2.88. The van der Waals surface area contributed by atoms with E-state index in [0.717, 1.165) is 23.9 Å². The van der Waals surface area contributed by atoms with Crippen molar-refractivity contribution < 1.29 is 0 Å². The van der Waals surface area contributed by atoms with Crippen LogP contribution in [0, 0.1) is 5.92 Å². The summed E-state index contributed by atoms with van der Waals surface area (Å²) in [7, 11) is 0. The van der Waals surface area contributed by atoms with E-state index in [-0.39, 0.29) is 0 Å². The van der Waals surface area contributed by atoms with E-state index in [0.29, 0.717) is 0 Å². The van der Waals surface area contributed by atoms with Crippen molar-refractivity contribution in [2.24, 2.45) is 5.92 Å². The average molecular weight is 322 g/mol. The Morgan fingerprint density at radius 3 is 2.37 bits per heavy atom. The fourth-order valence-electron chi connectivity index (χ4n) is 3.73. The zero-order chi connectivity index (χ0) is 13.2. The molecule has 2 fully saturated rings. The molecule has 3 rings (SSSR count). The van der Waals surface area contributed by atoms with Crippen LogP contribution in [0.15, 0.2) is 28.7 Å². The van der Waals surface area contributed by atoms with Crippen molar-refractivity contribution in [1.82, 2.24) is 5.32 Å². The quantitative estimate of drug-likeness (QED) is 0.834. The molecule has 0 bridgehead atoms. The Hall–Kier alpha value is -0.340. The van der Waals surface area contributed by atoms with Gasteiger partial charge in [0.1, 0.15) is 0 Å². The highest BCUT2D eigenvalue weighted by atomic mass is 79.9. The lowest BCUT2D eigenvalue weighted by atomic mass is 9.75. The highest BCUT2D eigenvalue weighted by Crippen LogP contribution is 2.38. The lowest BCUT2D eigenvalue weighted by molar-refractivity contribution is 0.239. The van der Waals surface area contributed by atoms with E-state index in [4.69, 9.17) is 0 Å². The number of hydrogen-bond donors (Lipinski definition) is 1. The van der Waals surface area contributed by atoms with E-state index in [9.17, 15) is 0 Å². The number of hydrogen-bond acceptors (Lipinski definition) is 1. The molecule has 2 saturated carbocycles. The smallest absolute Gasteiger partial charge is 0.0175 e. The predicted molar refractivity (Wildman–Crippen MR) is 84.5 cm³/mol. The lowest BCUT2D eigenvalue weighted by Gasteiger charge is -2.39. The molecule has 0 aromatic heterocycles. The predicted octanol–water partition coefficient (Wildman–Crippen LogP) is 4.86. The van der Waals surface area contributed by atoms with Crippen molar-refractivity contribution in [2.75, 3.05) is 0 Å². The second-order valence-corrected chi connectivity index (χ2v) is 7.33. The van der Waals surface area contributed by atoms with E-state index in [2.05, 4.69) is 52.4 Å². The second kappa shape index (κ2) is 5.97. The van der Waals surface area contributed by atoms with E-state index >= 15 is 0 Å². The number of rotatable bonds is 4. The molecule has 1 nitrogen and oxygen atoms in total. The second-order valence-electron chi connectivity index (χ2n) is 6.42.